The minimum absolute atomic E-state index is 0.00209. The molecule has 182 valence electrons. The molecule has 1 aromatic heterocycles. The second-order valence-electron chi connectivity index (χ2n) is 8.89. The zero-order valence-electron chi connectivity index (χ0n) is 19.9. The molecule has 34 heavy (non-hydrogen) atoms. The maximum atomic E-state index is 12.7. The molecule has 1 atom stereocenters. The van der Waals surface area contributed by atoms with Crippen LogP contribution >= 0.6 is 0 Å². The lowest BCUT2D eigenvalue weighted by Gasteiger charge is -2.34. The van der Waals surface area contributed by atoms with Crippen molar-refractivity contribution in [2.45, 2.75) is 26.3 Å². The zero-order chi connectivity index (χ0) is 23.8. The number of amides is 2. The number of likely N-dealkylation sites (tertiary alicyclic amines) is 1. The van der Waals surface area contributed by atoms with Crippen LogP contribution in [0.4, 0.5) is 4.79 Å². The highest BCUT2D eigenvalue weighted by Gasteiger charge is 2.26. The maximum absolute atomic E-state index is 12.7. The van der Waals surface area contributed by atoms with Gasteiger partial charge in [0.25, 0.3) is 5.91 Å². The van der Waals surface area contributed by atoms with E-state index in [4.69, 9.17) is 9.47 Å². The average Bonchev–Trinajstić information content (AvgIpc) is 2.89. The first-order valence-corrected chi connectivity index (χ1v) is 12.2. The Hall–Kier alpha value is -3.13. The summed E-state index contributed by atoms with van der Waals surface area (Å²) in [6, 6.07) is 13.7. The second-order valence-corrected chi connectivity index (χ2v) is 8.89. The molecular weight excluding hydrogens is 432 g/mol. The van der Waals surface area contributed by atoms with Crippen LogP contribution in [0.2, 0.25) is 0 Å². The van der Waals surface area contributed by atoms with E-state index in [1.54, 1.807) is 17.2 Å². The predicted molar refractivity (Wildman–Crippen MR) is 129 cm³/mol. The van der Waals surface area contributed by atoms with Gasteiger partial charge in [0.1, 0.15) is 11.4 Å². The third-order valence-corrected chi connectivity index (χ3v) is 6.40. The van der Waals surface area contributed by atoms with Gasteiger partial charge in [-0.05, 0) is 49.6 Å². The Kier molecular flexibility index (Phi) is 8.36. The summed E-state index contributed by atoms with van der Waals surface area (Å²) in [6.07, 6.45) is 3.48. The van der Waals surface area contributed by atoms with Crippen molar-refractivity contribution in [3.63, 3.8) is 0 Å². The summed E-state index contributed by atoms with van der Waals surface area (Å²) < 4.78 is 11.1. The molecule has 2 aliphatic heterocycles. The SMILES string of the molecule is CCOC(=O)N1CCN(Cc2ccc(OC[C@@H]3CCCN(C(=O)c4ccccn4)C3)cc2)CC1. The monoisotopic (exact) mass is 466 g/mol. The minimum Gasteiger partial charge on any atom is -0.493 e. The third kappa shape index (κ3) is 6.47. The van der Waals surface area contributed by atoms with Gasteiger partial charge in [-0.25, -0.2) is 4.79 Å². The Morgan fingerprint density at radius 3 is 2.50 bits per heavy atom. The van der Waals surface area contributed by atoms with E-state index in [1.807, 2.05) is 36.1 Å². The van der Waals surface area contributed by atoms with Crippen molar-refractivity contribution in [2.75, 3.05) is 52.5 Å². The molecule has 8 nitrogen and oxygen atoms in total. The van der Waals surface area contributed by atoms with Crippen LogP contribution in [0.15, 0.2) is 48.7 Å². The molecule has 3 heterocycles. The summed E-state index contributed by atoms with van der Waals surface area (Å²) in [5.41, 5.74) is 1.73. The predicted octanol–water partition coefficient (Wildman–Crippen LogP) is 3.29. The van der Waals surface area contributed by atoms with Crippen LogP contribution in [0.1, 0.15) is 35.8 Å². The molecule has 0 radical (unpaired) electrons. The Morgan fingerprint density at radius 2 is 1.79 bits per heavy atom. The van der Waals surface area contributed by atoms with Crippen LogP contribution in [0.5, 0.6) is 5.75 Å². The lowest BCUT2D eigenvalue weighted by Crippen LogP contribution is -2.48. The molecule has 0 N–H and O–H groups in total. The minimum atomic E-state index is -0.217. The van der Waals surface area contributed by atoms with Crippen LogP contribution in [0.25, 0.3) is 0 Å². The summed E-state index contributed by atoms with van der Waals surface area (Å²) in [5, 5.41) is 0. The number of carbonyl (C=O) groups excluding carboxylic acids is 2. The van der Waals surface area contributed by atoms with E-state index in [0.29, 0.717) is 44.5 Å². The number of rotatable bonds is 7. The highest BCUT2D eigenvalue weighted by molar-refractivity contribution is 5.92. The zero-order valence-corrected chi connectivity index (χ0v) is 19.9. The van der Waals surface area contributed by atoms with Crippen molar-refractivity contribution >= 4 is 12.0 Å². The molecule has 0 unspecified atom stereocenters. The van der Waals surface area contributed by atoms with Crippen molar-refractivity contribution in [3.8, 4) is 5.75 Å². The van der Waals surface area contributed by atoms with Crippen molar-refractivity contribution in [1.29, 1.82) is 0 Å². The van der Waals surface area contributed by atoms with Crippen molar-refractivity contribution in [3.05, 3.63) is 59.9 Å². The quantitative estimate of drug-likeness (QED) is 0.623. The first kappa shape index (κ1) is 24.0. The number of benzene rings is 1. The second kappa shape index (κ2) is 11.8. The van der Waals surface area contributed by atoms with E-state index in [2.05, 4.69) is 22.0 Å². The summed E-state index contributed by atoms with van der Waals surface area (Å²) in [7, 11) is 0. The van der Waals surface area contributed by atoms with E-state index < -0.39 is 0 Å². The lowest BCUT2D eigenvalue weighted by molar-refractivity contribution is 0.0627. The number of piperidine rings is 1. The molecule has 2 fully saturated rings. The molecule has 1 aromatic carbocycles. The molecule has 0 spiro atoms. The number of nitrogens with zero attached hydrogens (tertiary/aromatic N) is 4. The van der Waals surface area contributed by atoms with Crippen molar-refractivity contribution < 1.29 is 19.1 Å². The van der Waals surface area contributed by atoms with Gasteiger partial charge >= 0.3 is 6.09 Å². The summed E-state index contributed by atoms with van der Waals surface area (Å²) in [4.78, 5) is 34.7. The molecule has 0 saturated carbocycles. The van der Waals surface area contributed by atoms with Gasteiger partial charge in [-0.2, -0.15) is 0 Å². The van der Waals surface area contributed by atoms with Crippen molar-refractivity contribution in [2.24, 2.45) is 5.92 Å². The maximum Gasteiger partial charge on any atom is 0.409 e. The number of hydrogen-bond acceptors (Lipinski definition) is 6. The van der Waals surface area contributed by atoms with Gasteiger partial charge in [-0.15, -0.1) is 0 Å². The van der Waals surface area contributed by atoms with Crippen molar-refractivity contribution in [1.82, 2.24) is 19.7 Å². The molecule has 2 aliphatic rings. The Labute approximate surface area is 201 Å². The van der Waals surface area contributed by atoms with Gasteiger partial charge in [0.2, 0.25) is 0 Å². The van der Waals surface area contributed by atoms with E-state index >= 15 is 0 Å². The lowest BCUT2D eigenvalue weighted by atomic mass is 9.98. The number of hydrogen-bond donors (Lipinski definition) is 0. The molecule has 2 amide bonds. The first-order chi connectivity index (χ1) is 16.6. The average molecular weight is 467 g/mol. The van der Waals surface area contributed by atoms with E-state index in [0.717, 1.165) is 44.8 Å². The van der Waals surface area contributed by atoms with E-state index in [-0.39, 0.29) is 12.0 Å². The van der Waals surface area contributed by atoms with Gasteiger partial charge in [-0.3, -0.25) is 14.7 Å². The summed E-state index contributed by atoms with van der Waals surface area (Å²) >= 11 is 0. The molecule has 2 aromatic rings. The van der Waals surface area contributed by atoms with Crippen LogP contribution < -0.4 is 4.74 Å². The van der Waals surface area contributed by atoms with Gasteiger partial charge in [0, 0.05) is 57.9 Å². The smallest absolute Gasteiger partial charge is 0.409 e. The molecule has 0 aliphatic carbocycles. The van der Waals surface area contributed by atoms with Gasteiger partial charge in [0.15, 0.2) is 0 Å². The molecular formula is C26H34N4O4. The first-order valence-electron chi connectivity index (χ1n) is 12.2. The van der Waals surface area contributed by atoms with Crippen LogP contribution in [-0.2, 0) is 11.3 Å². The van der Waals surface area contributed by atoms with Crippen LogP contribution in [0.3, 0.4) is 0 Å². The number of aromatic nitrogens is 1. The fraction of sp³-hybridized carbons (Fsp3) is 0.500. The fourth-order valence-electron chi connectivity index (χ4n) is 4.50. The molecule has 8 heteroatoms. The number of ether oxygens (including phenoxy) is 2. The van der Waals surface area contributed by atoms with E-state index in [9.17, 15) is 9.59 Å². The molecule has 4 rings (SSSR count). The highest BCUT2D eigenvalue weighted by Crippen LogP contribution is 2.21. The van der Waals surface area contributed by atoms with Gasteiger partial charge in [-0.1, -0.05) is 18.2 Å². The fourth-order valence-corrected chi connectivity index (χ4v) is 4.50. The largest absolute Gasteiger partial charge is 0.493 e. The molecule has 0 bridgehead atoms. The van der Waals surface area contributed by atoms with E-state index in [1.165, 1.54) is 5.56 Å². The molecule has 2 saturated heterocycles. The standard InChI is InChI=1S/C26H34N4O4/c1-2-33-26(32)29-16-14-28(15-17-29)18-21-8-10-23(11-9-21)34-20-22-6-5-13-30(19-22)25(31)24-7-3-4-12-27-24/h3-4,7-12,22H,2,5-6,13-20H2,1H3/t22-/m1/s1. The Bertz CT molecular complexity index is 930. The normalized spacial score (nSPS) is 19.0. The van der Waals surface area contributed by atoms with Gasteiger partial charge in [0.05, 0.1) is 13.2 Å². The Balaban J connectivity index is 1.20. The number of pyridine rings is 1. The highest BCUT2D eigenvalue weighted by atomic mass is 16.6. The third-order valence-electron chi connectivity index (χ3n) is 6.40. The van der Waals surface area contributed by atoms with Crippen LogP contribution in [0, 0.1) is 5.92 Å². The van der Waals surface area contributed by atoms with Crippen LogP contribution in [-0.4, -0.2) is 84.2 Å². The topological polar surface area (TPSA) is 75.2 Å². The summed E-state index contributed by atoms with van der Waals surface area (Å²) in [6.45, 7) is 8.23. The number of carbonyl (C=O) groups is 2. The summed E-state index contributed by atoms with van der Waals surface area (Å²) in [5.74, 6) is 1.17. The number of piperazine rings is 1. The van der Waals surface area contributed by atoms with Gasteiger partial charge < -0.3 is 19.3 Å². The Morgan fingerprint density at radius 1 is 1.00 bits per heavy atom.